The normalized spacial score (nSPS) is 18.7. The number of fused-ring (bicyclic) bond motifs is 1. The average Bonchev–Trinajstić information content (AvgIpc) is 3.64. The number of amides is 3. The van der Waals surface area contributed by atoms with Gasteiger partial charge in [-0.2, -0.15) is 9.97 Å². The van der Waals surface area contributed by atoms with Crippen LogP contribution in [0, 0.1) is 0 Å². The van der Waals surface area contributed by atoms with E-state index in [2.05, 4.69) is 36.2 Å². The Morgan fingerprint density at radius 2 is 1.49 bits per heavy atom. The van der Waals surface area contributed by atoms with Crippen LogP contribution in [-0.4, -0.2) is 91.9 Å². The summed E-state index contributed by atoms with van der Waals surface area (Å²) < 4.78 is 7.13. The Balaban J connectivity index is 1.05. The molecule has 0 aliphatic carbocycles. The van der Waals surface area contributed by atoms with Crippen molar-refractivity contribution in [2.45, 2.75) is 57.1 Å². The minimum Gasteiger partial charge on any atom is -0.399 e. The van der Waals surface area contributed by atoms with Crippen LogP contribution in [0.2, 0.25) is 0 Å². The molecule has 1 saturated heterocycles. The van der Waals surface area contributed by atoms with Crippen molar-refractivity contribution >= 4 is 46.3 Å². The number of hydrogen-bond acceptors (Lipinski definition) is 12. The summed E-state index contributed by atoms with van der Waals surface area (Å²) in [4.78, 5) is 49.7. The number of nitrogens with one attached hydrogen (secondary N) is 4. The molecule has 0 unspecified atom stereocenters. The van der Waals surface area contributed by atoms with E-state index < -0.39 is 30.4 Å². The SMILES string of the molecule is CCNC(=O)[C@H]1O[C@@H](n2cnc3c(N)nc(NCCc4ccc(CCC(=O)NCCNC(=O)Cc5ccc(N)cc5)cc4)nc32)[C@H](O)[C@@H]1O. The van der Waals surface area contributed by atoms with Crippen LogP contribution in [0.5, 0.6) is 0 Å². The van der Waals surface area contributed by atoms with E-state index in [-0.39, 0.29) is 35.6 Å². The second-order valence-corrected chi connectivity index (χ2v) is 11.7. The summed E-state index contributed by atoms with van der Waals surface area (Å²) in [5, 5.41) is 32.4. The van der Waals surface area contributed by atoms with Gasteiger partial charge in [0.05, 0.1) is 12.7 Å². The lowest BCUT2D eigenvalue weighted by molar-refractivity contribution is -0.137. The number of benzene rings is 2. The summed E-state index contributed by atoms with van der Waals surface area (Å²) in [6.45, 7) is 3.27. The fourth-order valence-electron chi connectivity index (χ4n) is 5.41. The van der Waals surface area contributed by atoms with Gasteiger partial charge in [-0.3, -0.25) is 19.0 Å². The van der Waals surface area contributed by atoms with Crippen LogP contribution in [0.3, 0.4) is 0 Å². The largest absolute Gasteiger partial charge is 0.399 e. The lowest BCUT2D eigenvalue weighted by Crippen LogP contribution is -2.42. The predicted molar refractivity (Wildman–Crippen MR) is 182 cm³/mol. The molecule has 5 rings (SSSR count). The molecule has 0 saturated carbocycles. The van der Waals surface area contributed by atoms with Crippen molar-refractivity contribution in [1.82, 2.24) is 35.5 Å². The third-order valence-corrected chi connectivity index (χ3v) is 8.04. The van der Waals surface area contributed by atoms with Crippen molar-refractivity contribution in [3.63, 3.8) is 0 Å². The van der Waals surface area contributed by atoms with E-state index in [0.717, 1.165) is 16.7 Å². The maximum atomic E-state index is 12.3. The number of carbonyl (C=O) groups excluding carboxylic acids is 3. The van der Waals surface area contributed by atoms with Gasteiger partial charge in [0.2, 0.25) is 17.8 Å². The second kappa shape index (κ2) is 16.2. The van der Waals surface area contributed by atoms with Crippen LogP contribution in [0.25, 0.3) is 11.2 Å². The first-order valence-corrected chi connectivity index (χ1v) is 16.1. The van der Waals surface area contributed by atoms with Crippen molar-refractivity contribution in [3.05, 3.63) is 71.5 Å². The average molecular weight is 675 g/mol. The summed E-state index contributed by atoms with van der Waals surface area (Å²) in [6, 6.07) is 15.1. The number of aliphatic hydroxyl groups excluding tert-OH is 2. The number of imidazole rings is 1. The molecular weight excluding hydrogens is 632 g/mol. The van der Waals surface area contributed by atoms with Crippen molar-refractivity contribution in [3.8, 4) is 0 Å². The van der Waals surface area contributed by atoms with Gasteiger partial charge in [-0.05, 0) is 48.6 Å². The molecule has 4 atom stereocenters. The van der Waals surface area contributed by atoms with Crippen LogP contribution in [0.4, 0.5) is 17.5 Å². The summed E-state index contributed by atoms with van der Waals surface area (Å²) in [7, 11) is 0. The number of rotatable bonds is 15. The molecule has 2 aromatic heterocycles. The molecule has 1 fully saturated rings. The Morgan fingerprint density at radius 3 is 2.18 bits per heavy atom. The first kappa shape index (κ1) is 35.0. The molecule has 10 N–H and O–H groups in total. The Bertz CT molecular complexity index is 1750. The van der Waals surface area contributed by atoms with Crippen molar-refractivity contribution in [1.29, 1.82) is 0 Å². The number of nitrogen functional groups attached to an aromatic ring is 2. The molecule has 0 spiro atoms. The zero-order valence-electron chi connectivity index (χ0n) is 27.1. The van der Waals surface area contributed by atoms with E-state index in [9.17, 15) is 24.6 Å². The van der Waals surface area contributed by atoms with Gasteiger partial charge in [0, 0.05) is 38.3 Å². The molecule has 3 amide bonds. The fourth-order valence-corrected chi connectivity index (χ4v) is 5.41. The second-order valence-electron chi connectivity index (χ2n) is 11.7. The molecule has 260 valence electrons. The van der Waals surface area contributed by atoms with E-state index in [1.54, 1.807) is 19.1 Å². The van der Waals surface area contributed by atoms with E-state index in [4.69, 9.17) is 16.2 Å². The summed E-state index contributed by atoms with van der Waals surface area (Å²) in [5.41, 5.74) is 16.0. The number of likely N-dealkylation sites (N-methyl/N-ethyl adjacent to an activating group) is 1. The van der Waals surface area contributed by atoms with Crippen LogP contribution in [0.1, 0.15) is 36.3 Å². The van der Waals surface area contributed by atoms with E-state index in [1.807, 2.05) is 36.4 Å². The molecular formula is C33H42N10O6. The van der Waals surface area contributed by atoms with Crippen LogP contribution >= 0.6 is 0 Å². The number of ether oxygens (including phenoxy) is 1. The third-order valence-electron chi connectivity index (χ3n) is 8.04. The highest BCUT2D eigenvalue weighted by atomic mass is 16.6. The summed E-state index contributed by atoms with van der Waals surface area (Å²) in [5.74, 6) is -0.386. The van der Waals surface area contributed by atoms with Gasteiger partial charge in [-0.1, -0.05) is 36.4 Å². The number of carbonyl (C=O) groups is 3. The highest BCUT2D eigenvalue weighted by Crippen LogP contribution is 2.32. The van der Waals surface area contributed by atoms with Crippen molar-refractivity contribution < 1.29 is 29.3 Å². The monoisotopic (exact) mass is 674 g/mol. The standard InChI is InChI=1S/C33H42N10O6/c1-2-36-31(48)28-26(46)27(47)32(49-28)43-18-40-25-29(35)41-33(42-30(25)43)39-14-13-20-5-3-19(4-6-20)9-12-23(44)37-15-16-38-24(45)17-21-7-10-22(34)11-8-21/h3-8,10-11,18,26-28,32,46-47H,2,9,12-17,34H2,1H3,(H,36,48)(H,37,44)(H,38,45)(H3,35,39,41,42)/t26-,27+,28-,32+/m0/s1. The van der Waals surface area contributed by atoms with E-state index in [0.29, 0.717) is 56.6 Å². The predicted octanol–water partition coefficient (Wildman–Crippen LogP) is -0.192. The number of hydrogen-bond donors (Lipinski definition) is 8. The molecule has 0 bridgehead atoms. The van der Waals surface area contributed by atoms with E-state index >= 15 is 0 Å². The molecule has 16 heteroatoms. The molecule has 49 heavy (non-hydrogen) atoms. The Labute approximate surface area is 282 Å². The maximum Gasteiger partial charge on any atom is 0.252 e. The number of aromatic nitrogens is 4. The topological polar surface area (TPSA) is 245 Å². The summed E-state index contributed by atoms with van der Waals surface area (Å²) >= 11 is 0. The lowest BCUT2D eigenvalue weighted by atomic mass is 10.1. The smallest absolute Gasteiger partial charge is 0.252 e. The van der Waals surface area contributed by atoms with Crippen LogP contribution < -0.4 is 32.7 Å². The minimum atomic E-state index is -1.44. The van der Waals surface area contributed by atoms with Crippen molar-refractivity contribution in [2.75, 3.05) is 43.0 Å². The maximum absolute atomic E-state index is 12.3. The quantitative estimate of drug-likeness (QED) is 0.0604. The summed E-state index contributed by atoms with van der Waals surface area (Å²) in [6.07, 6.45) is -2.03. The Morgan fingerprint density at radius 1 is 0.837 bits per heavy atom. The fraction of sp³-hybridized carbons (Fsp3) is 0.394. The lowest BCUT2D eigenvalue weighted by Gasteiger charge is -2.16. The first-order valence-electron chi connectivity index (χ1n) is 16.1. The number of nitrogens with two attached hydrogens (primary N) is 2. The molecule has 4 aromatic rings. The molecule has 16 nitrogen and oxygen atoms in total. The van der Waals surface area contributed by atoms with Gasteiger partial charge < -0.3 is 47.7 Å². The first-order chi connectivity index (χ1) is 23.6. The number of nitrogens with zero attached hydrogens (tertiary/aromatic N) is 4. The minimum absolute atomic E-state index is 0.0920. The zero-order valence-corrected chi connectivity index (χ0v) is 27.1. The molecule has 3 heterocycles. The molecule has 1 aliphatic rings. The van der Waals surface area contributed by atoms with Crippen LogP contribution in [-0.2, 0) is 38.4 Å². The van der Waals surface area contributed by atoms with Crippen molar-refractivity contribution in [2.24, 2.45) is 0 Å². The number of aryl methyl sites for hydroxylation is 1. The zero-order chi connectivity index (χ0) is 34.9. The number of aliphatic hydroxyl groups is 2. The van der Waals surface area contributed by atoms with Gasteiger partial charge in [-0.15, -0.1) is 0 Å². The van der Waals surface area contributed by atoms with Gasteiger partial charge in [0.15, 0.2) is 23.8 Å². The molecule has 0 radical (unpaired) electrons. The Kier molecular flexibility index (Phi) is 11.6. The highest BCUT2D eigenvalue weighted by Gasteiger charge is 2.47. The van der Waals surface area contributed by atoms with E-state index in [1.165, 1.54) is 10.9 Å². The van der Waals surface area contributed by atoms with Gasteiger partial charge in [-0.25, -0.2) is 4.98 Å². The molecule has 1 aliphatic heterocycles. The third kappa shape index (κ3) is 8.98. The van der Waals surface area contributed by atoms with Gasteiger partial charge in [0.1, 0.15) is 17.7 Å². The highest BCUT2D eigenvalue weighted by molar-refractivity contribution is 5.84. The number of anilines is 3. The van der Waals surface area contributed by atoms with Gasteiger partial charge in [0.25, 0.3) is 5.91 Å². The van der Waals surface area contributed by atoms with Crippen LogP contribution in [0.15, 0.2) is 54.9 Å². The van der Waals surface area contributed by atoms with Gasteiger partial charge >= 0.3 is 0 Å². The Hall–Kier alpha value is -5.32. The molecule has 2 aromatic carbocycles.